The Morgan fingerprint density at radius 1 is 1.27 bits per heavy atom. The Hall–Kier alpha value is -3.03. The summed E-state index contributed by atoms with van der Waals surface area (Å²) in [5, 5.41) is 10.9. The normalized spacial score (nSPS) is 11.7. The van der Waals surface area contributed by atoms with Gasteiger partial charge in [0.25, 0.3) is 5.91 Å². The van der Waals surface area contributed by atoms with Crippen LogP contribution in [-0.2, 0) is 4.79 Å². The molecule has 0 fully saturated rings. The van der Waals surface area contributed by atoms with Crippen molar-refractivity contribution in [1.82, 2.24) is 15.3 Å². The van der Waals surface area contributed by atoms with E-state index in [0.29, 0.717) is 11.1 Å². The number of carboxylic acid groups (broad SMARTS) is 1. The molecule has 1 unspecified atom stereocenters. The van der Waals surface area contributed by atoms with Crippen molar-refractivity contribution in [2.75, 3.05) is 5.73 Å². The Morgan fingerprint density at radius 3 is 2.45 bits per heavy atom. The fourth-order valence-corrected chi connectivity index (χ4v) is 1.70. The lowest BCUT2D eigenvalue weighted by Crippen LogP contribution is -2.38. The fourth-order valence-electron chi connectivity index (χ4n) is 1.70. The van der Waals surface area contributed by atoms with E-state index in [4.69, 9.17) is 10.8 Å². The lowest BCUT2D eigenvalue weighted by molar-refractivity contribution is -0.138. The number of nitrogens with zero attached hydrogens (tertiary/aromatic N) is 2. The van der Waals surface area contributed by atoms with Crippen LogP contribution in [0.25, 0.3) is 11.1 Å². The highest BCUT2D eigenvalue weighted by molar-refractivity contribution is 5.97. The van der Waals surface area contributed by atoms with E-state index < -0.39 is 23.7 Å². The maximum atomic E-state index is 14.0. The van der Waals surface area contributed by atoms with Crippen molar-refractivity contribution in [3.8, 4) is 11.1 Å². The SMILES string of the molecule is CC(NC(=O)c1ccc(-c2cnc(N)nc2)cc1F)C(=O)O. The third kappa shape index (κ3) is 3.35. The van der Waals surface area contributed by atoms with Gasteiger partial charge in [-0.25, -0.2) is 14.4 Å². The number of aliphatic carboxylic acids is 1. The van der Waals surface area contributed by atoms with Gasteiger partial charge in [-0.15, -0.1) is 0 Å². The number of carbonyl (C=O) groups excluding carboxylic acids is 1. The third-order valence-corrected chi connectivity index (χ3v) is 2.94. The van der Waals surface area contributed by atoms with Crippen molar-refractivity contribution in [1.29, 1.82) is 0 Å². The summed E-state index contributed by atoms with van der Waals surface area (Å²) < 4.78 is 14.0. The standard InChI is InChI=1S/C14H13FN4O3/c1-7(13(21)22)19-12(20)10-3-2-8(4-11(10)15)9-5-17-14(16)18-6-9/h2-7H,1H3,(H,19,20)(H,21,22)(H2,16,17,18). The van der Waals surface area contributed by atoms with Crippen LogP contribution >= 0.6 is 0 Å². The first-order valence-electron chi connectivity index (χ1n) is 6.29. The van der Waals surface area contributed by atoms with Gasteiger partial charge in [0, 0.05) is 18.0 Å². The van der Waals surface area contributed by atoms with Crippen LogP contribution in [0.1, 0.15) is 17.3 Å². The molecule has 1 amide bonds. The Kier molecular flexibility index (Phi) is 4.31. The first kappa shape index (κ1) is 15.4. The third-order valence-electron chi connectivity index (χ3n) is 2.94. The number of aromatic nitrogens is 2. The predicted octanol–water partition coefficient (Wildman–Crippen LogP) is 1.07. The van der Waals surface area contributed by atoms with Gasteiger partial charge >= 0.3 is 5.97 Å². The molecular weight excluding hydrogens is 291 g/mol. The summed E-state index contributed by atoms with van der Waals surface area (Å²) in [7, 11) is 0. The van der Waals surface area contributed by atoms with Crippen LogP contribution < -0.4 is 11.1 Å². The fraction of sp³-hybridized carbons (Fsp3) is 0.143. The first-order valence-corrected chi connectivity index (χ1v) is 6.29. The van der Waals surface area contributed by atoms with Crippen LogP contribution in [0.4, 0.5) is 10.3 Å². The van der Waals surface area contributed by atoms with Crippen molar-refractivity contribution >= 4 is 17.8 Å². The number of benzene rings is 1. The molecule has 2 aromatic rings. The molecule has 8 heteroatoms. The molecule has 0 aliphatic heterocycles. The van der Waals surface area contributed by atoms with Crippen LogP contribution in [0.5, 0.6) is 0 Å². The molecule has 1 heterocycles. The quantitative estimate of drug-likeness (QED) is 0.777. The molecule has 0 radical (unpaired) electrons. The van der Waals surface area contributed by atoms with E-state index in [0.717, 1.165) is 6.07 Å². The second kappa shape index (κ2) is 6.17. The summed E-state index contributed by atoms with van der Waals surface area (Å²) >= 11 is 0. The zero-order valence-corrected chi connectivity index (χ0v) is 11.6. The molecule has 1 atom stereocenters. The number of anilines is 1. The minimum absolute atomic E-state index is 0.0999. The zero-order valence-electron chi connectivity index (χ0n) is 11.6. The Balaban J connectivity index is 2.24. The minimum Gasteiger partial charge on any atom is -0.480 e. The van der Waals surface area contributed by atoms with Crippen LogP contribution in [0.3, 0.4) is 0 Å². The number of hydrogen-bond acceptors (Lipinski definition) is 5. The number of rotatable bonds is 4. The average molecular weight is 304 g/mol. The molecule has 0 aliphatic rings. The number of halogens is 1. The van der Waals surface area contributed by atoms with Crippen LogP contribution in [0.2, 0.25) is 0 Å². The largest absolute Gasteiger partial charge is 0.480 e. The van der Waals surface area contributed by atoms with Gasteiger partial charge < -0.3 is 16.2 Å². The van der Waals surface area contributed by atoms with Gasteiger partial charge in [-0.05, 0) is 24.6 Å². The smallest absolute Gasteiger partial charge is 0.325 e. The molecule has 114 valence electrons. The second-order valence-electron chi connectivity index (χ2n) is 4.56. The van der Waals surface area contributed by atoms with E-state index in [1.54, 1.807) is 0 Å². The van der Waals surface area contributed by atoms with Gasteiger partial charge in [0.15, 0.2) is 0 Å². The van der Waals surface area contributed by atoms with E-state index in [9.17, 15) is 14.0 Å². The van der Waals surface area contributed by atoms with Gasteiger partial charge in [0.05, 0.1) is 5.56 Å². The number of carboxylic acids is 1. The van der Waals surface area contributed by atoms with Gasteiger partial charge in [0.1, 0.15) is 11.9 Å². The molecule has 2 rings (SSSR count). The summed E-state index contributed by atoms with van der Waals surface area (Å²) in [6, 6.07) is 2.82. The van der Waals surface area contributed by atoms with Crippen molar-refractivity contribution in [3.63, 3.8) is 0 Å². The highest BCUT2D eigenvalue weighted by Gasteiger charge is 2.18. The Bertz CT molecular complexity index is 719. The number of amides is 1. The zero-order chi connectivity index (χ0) is 16.3. The summed E-state index contributed by atoms with van der Waals surface area (Å²) in [5.74, 6) is -2.68. The average Bonchev–Trinajstić information content (AvgIpc) is 2.47. The van der Waals surface area contributed by atoms with Crippen LogP contribution in [0, 0.1) is 5.82 Å². The number of nitrogens with two attached hydrogens (primary N) is 1. The monoisotopic (exact) mass is 304 g/mol. The number of hydrogen-bond donors (Lipinski definition) is 3. The van der Waals surface area contributed by atoms with E-state index in [-0.39, 0.29) is 11.5 Å². The maximum absolute atomic E-state index is 14.0. The van der Waals surface area contributed by atoms with Gasteiger partial charge in [0.2, 0.25) is 5.95 Å². The highest BCUT2D eigenvalue weighted by atomic mass is 19.1. The molecule has 7 nitrogen and oxygen atoms in total. The molecule has 0 bridgehead atoms. The first-order chi connectivity index (χ1) is 10.4. The van der Waals surface area contributed by atoms with Crippen molar-refractivity contribution in [2.24, 2.45) is 0 Å². The van der Waals surface area contributed by atoms with Crippen LogP contribution in [-0.4, -0.2) is 33.0 Å². The molecule has 1 aromatic heterocycles. The lowest BCUT2D eigenvalue weighted by atomic mass is 10.1. The van der Waals surface area contributed by atoms with Crippen molar-refractivity contribution in [3.05, 3.63) is 42.0 Å². The van der Waals surface area contributed by atoms with Crippen molar-refractivity contribution < 1.29 is 19.1 Å². The van der Waals surface area contributed by atoms with Crippen molar-refractivity contribution in [2.45, 2.75) is 13.0 Å². The Morgan fingerprint density at radius 2 is 1.91 bits per heavy atom. The van der Waals surface area contributed by atoms with E-state index in [1.165, 1.54) is 31.5 Å². The lowest BCUT2D eigenvalue weighted by Gasteiger charge is -2.10. The maximum Gasteiger partial charge on any atom is 0.325 e. The highest BCUT2D eigenvalue weighted by Crippen LogP contribution is 2.21. The number of nitrogen functional groups attached to an aromatic ring is 1. The topological polar surface area (TPSA) is 118 Å². The summed E-state index contributed by atoms with van der Waals surface area (Å²) in [5.41, 5.74) is 6.14. The molecule has 0 saturated carbocycles. The predicted molar refractivity (Wildman–Crippen MR) is 76.4 cm³/mol. The Labute approximate surface area is 125 Å². The summed E-state index contributed by atoms with van der Waals surface area (Å²) in [6.45, 7) is 1.29. The molecule has 22 heavy (non-hydrogen) atoms. The molecule has 0 spiro atoms. The number of nitrogens with one attached hydrogen (secondary N) is 1. The summed E-state index contributed by atoms with van der Waals surface area (Å²) in [6.07, 6.45) is 2.87. The summed E-state index contributed by atoms with van der Waals surface area (Å²) in [4.78, 5) is 30.1. The van der Waals surface area contributed by atoms with Crippen LogP contribution in [0.15, 0.2) is 30.6 Å². The van der Waals surface area contributed by atoms with E-state index in [1.807, 2.05) is 0 Å². The molecule has 1 aromatic carbocycles. The second-order valence-corrected chi connectivity index (χ2v) is 4.56. The molecular formula is C14H13FN4O3. The minimum atomic E-state index is -1.20. The van der Waals surface area contributed by atoms with E-state index >= 15 is 0 Å². The van der Waals surface area contributed by atoms with Gasteiger partial charge in [-0.1, -0.05) is 6.07 Å². The van der Waals surface area contributed by atoms with Gasteiger partial charge in [-0.2, -0.15) is 0 Å². The number of carbonyl (C=O) groups is 2. The molecule has 0 aliphatic carbocycles. The van der Waals surface area contributed by atoms with Gasteiger partial charge in [-0.3, -0.25) is 9.59 Å². The molecule has 0 saturated heterocycles. The molecule has 4 N–H and O–H groups in total. The van der Waals surface area contributed by atoms with E-state index in [2.05, 4.69) is 15.3 Å².